The second-order valence-corrected chi connectivity index (χ2v) is 8.84. The average molecular weight is 384 g/mol. The van der Waals surface area contributed by atoms with Gasteiger partial charge in [-0.15, -0.1) is 0 Å². The van der Waals surface area contributed by atoms with E-state index in [-0.39, 0.29) is 17.1 Å². The van der Waals surface area contributed by atoms with E-state index in [1.54, 1.807) is 42.5 Å². The fraction of sp³-hybridized carbons (Fsp3) is 0.211. The number of rotatable bonds is 3. The van der Waals surface area contributed by atoms with Crippen molar-refractivity contribution in [3.63, 3.8) is 0 Å². The number of amides is 3. The molecule has 0 unspecified atom stereocenters. The molecular formula is C19H16N2O5S. The molecule has 2 heterocycles. The maximum absolute atomic E-state index is 12.6. The van der Waals surface area contributed by atoms with Crippen molar-refractivity contribution in [3.8, 4) is 0 Å². The van der Waals surface area contributed by atoms with Crippen molar-refractivity contribution in [1.29, 1.82) is 0 Å². The molecule has 0 bridgehead atoms. The van der Waals surface area contributed by atoms with Crippen LogP contribution < -0.4 is 10.2 Å². The highest BCUT2D eigenvalue weighted by molar-refractivity contribution is 7.91. The van der Waals surface area contributed by atoms with Gasteiger partial charge in [0.15, 0.2) is 9.84 Å². The van der Waals surface area contributed by atoms with Crippen LogP contribution in [0.25, 0.3) is 0 Å². The summed E-state index contributed by atoms with van der Waals surface area (Å²) >= 11 is 0. The standard InChI is InChI=1S/C19H16N2O5S/c22-17(20-13-8-9-27(25,26)11-13)12-4-3-5-14(10-12)21-18(23)15-6-1-2-7-16(15)19(21)24/h1-7,10,13H,8-9,11H2,(H,20,22)/t13-/m0/s1. The van der Waals surface area contributed by atoms with Gasteiger partial charge in [-0.05, 0) is 36.8 Å². The maximum Gasteiger partial charge on any atom is 0.266 e. The molecule has 138 valence electrons. The molecule has 0 radical (unpaired) electrons. The summed E-state index contributed by atoms with van der Waals surface area (Å²) in [5.41, 5.74) is 1.21. The van der Waals surface area contributed by atoms with Gasteiger partial charge in [-0.2, -0.15) is 0 Å². The first kappa shape index (κ1) is 17.4. The molecule has 0 saturated carbocycles. The summed E-state index contributed by atoms with van der Waals surface area (Å²) in [4.78, 5) is 38.7. The highest BCUT2D eigenvalue weighted by Gasteiger charge is 2.36. The number of hydrogen-bond donors (Lipinski definition) is 1. The van der Waals surface area contributed by atoms with E-state index in [0.29, 0.717) is 23.2 Å². The van der Waals surface area contributed by atoms with E-state index in [2.05, 4.69) is 5.32 Å². The van der Waals surface area contributed by atoms with Crippen LogP contribution in [0.5, 0.6) is 0 Å². The summed E-state index contributed by atoms with van der Waals surface area (Å²) in [6.07, 6.45) is 0.381. The van der Waals surface area contributed by atoms with E-state index < -0.39 is 33.6 Å². The van der Waals surface area contributed by atoms with Crippen LogP contribution in [0.2, 0.25) is 0 Å². The minimum absolute atomic E-state index is 0.0625. The average Bonchev–Trinajstić information content (AvgIpc) is 3.12. The number of nitrogens with zero attached hydrogens (tertiary/aromatic N) is 1. The molecule has 2 aromatic carbocycles. The Morgan fingerprint density at radius 2 is 1.67 bits per heavy atom. The van der Waals surface area contributed by atoms with Gasteiger partial charge >= 0.3 is 0 Å². The van der Waals surface area contributed by atoms with Crippen molar-refractivity contribution in [2.75, 3.05) is 16.4 Å². The molecule has 1 atom stereocenters. The first-order valence-electron chi connectivity index (χ1n) is 8.45. The molecule has 1 N–H and O–H groups in total. The summed E-state index contributed by atoms with van der Waals surface area (Å²) in [5, 5.41) is 2.70. The number of imide groups is 1. The molecule has 2 aliphatic heterocycles. The Balaban J connectivity index is 1.58. The summed E-state index contributed by atoms with van der Waals surface area (Å²) < 4.78 is 23.1. The van der Waals surface area contributed by atoms with Crippen LogP contribution in [0.3, 0.4) is 0 Å². The maximum atomic E-state index is 12.6. The van der Waals surface area contributed by atoms with E-state index in [4.69, 9.17) is 0 Å². The highest BCUT2D eigenvalue weighted by Crippen LogP contribution is 2.28. The lowest BCUT2D eigenvalue weighted by molar-refractivity contribution is 0.0916. The molecule has 0 aliphatic carbocycles. The summed E-state index contributed by atoms with van der Waals surface area (Å²) in [6.45, 7) is 0. The third-order valence-electron chi connectivity index (χ3n) is 4.73. The quantitative estimate of drug-likeness (QED) is 0.807. The van der Waals surface area contributed by atoms with E-state index in [9.17, 15) is 22.8 Å². The topological polar surface area (TPSA) is 101 Å². The van der Waals surface area contributed by atoms with Gasteiger partial charge in [-0.1, -0.05) is 18.2 Å². The Hall–Kier alpha value is -3.00. The van der Waals surface area contributed by atoms with Crippen LogP contribution in [-0.2, 0) is 9.84 Å². The Labute approximate surface area is 155 Å². The predicted molar refractivity (Wildman–Crippen MR) is 98.5 cm³/mol. The SMILES string of the molecule is O=C(N[C@H]1CCS(=O)(=O)C1)c1cccc(N2C(=O)c3ccccc3C2=O)c1. The fourth-order valence-corrected chi connectivity index (χ4v) is 5.06. The Bertz CT molecular complexity index is 1040. The number of fused-ring (bicyclic) bond motifs is 1. The van der Waals surface area contributed by atoms with Crippen LogP contribution in [0, 0.1) is 0 Å². The zero-order chi connectivity index (χ0) is 19.2. The van der Waals surface area contributed by atoms with Crippen LogP contribution >= 0.6 is 0 Å². The molecule has 0 aromatic heterocycles. The number of carbonyl (C=O) groups is 3. The van der Waals surface area contributed by atoms with Gasteiger partial charge in [0.05, 0.1) is 28.3 Å². The number of hydrogen-bond acceptors (Lipinski definition) is 5. The van der Waals surface area contributed by atoms with Gasteiger partial charge in [0.1, 0.15) is 0 Å². The van der Waals surface area contributed by atoms with E-state index in [1.807, 2.05) is 0 Å². The van der Waals surface area contributed by atoms with Gasteiger partial charge in [0, 0.05) is 11.6 Å². The van der Waals surface area contributed by atoms with E-state index in [0.717, 1.165) is 4.90 Å². The Morgan fingerprint density at radius 1 is 1.00 bits per heavy atom. The molecule has 4 rings (SSSR count). The minimum Gasteiger partial charge on any atom is -0.348 e. The molecule has 1 saturated heterocycles. The molecule has 7 nitrogen and oxygen atoms in total. The number of anilines is 1. The summed E-state index contributed by atoms with van der Waals surface area (Å²) in [6, 6.07) is 12.3. The van der Waals surface area contributed by atoms with E-state index in [1.165, 1.54) is 6.07 Å². The largest absolute Gasteiger partial charge is 0.348 e. The highest BCUT2D eigenvalue weighted by atomic mass is 32.2. The third kappa shape index (κ3) is 3.12. The molecule has 2 aliphatic rings. The minimum atomic E-state index is -3.10. The van der Waals surface area contributed by atoms with Gasteiger partial charge in [-0.3, -0.25) is 14.4 Å². The Morgan fingerprint density at radius 3 is 2.26 bits per heavy atom. The van der Waals surface area contributed by atoms with Crippen LogP contribution in [0.15, 0.2) is 48.5 Å². The van der Waals surface area contributed by atoms with Crippen LogP contribution in [0.1, 0.15) is 37.5 Å². The van der Waals surface area contributed by atoms with Crippen LogP contribution in [-0.4, -0.2) is 43.7 Å². The van der Waals surface area contributed by atoms with Crippen molar-refractivity contribution >= 4 is 33.2 Å². The number of sulfone groups is 1. The smallest absolute Gasteiger partial charge is 0.266 e. The van der Waals surface area contributed by atoms with E-state index >= 15 is 0 Å². The molecule has 27 heavy (non-hydrogen) atoms. The van der Waals surface area contributed by atoms with Gasteiger partial charge in [0.25, 0.3) is 17.7 Å². The monoisotopic (exact) mass is 384 g/mol. The number of benzene rings is 2. The molecule has 8 heteroatoms. The fourth-order valence-electron chi connectivity index (χ4n) is 3.39. The lowest BCUT2D eigenvalue weighted by Crippen LogP contribution is -2.36. The normalized spacial score (nSPS) is 20.6. The van der Waals surface area contributed by atoms with Crippen molar-refractivity contribution in [3.05, 3.63) is 65.2 Å². The van der Waals surface area contributed by atoms with Crippen molar-refractivity contribution in [2.24, 2.45) is 0 Å². The number of nitrogens with one attached hydrogen (secondary N) is 1. The molecule has 3 amide bonds. The van der Waals surface area contributed by atoms with Crippen molar-refractivity contribution in [1.82, 2.24) is 5.32 Å². The molecule has 0 spiro atoms. The summed E-state index contributed by atoms with van der Waals surface area (Å²) in [5.74, 6) is -1.32. The lowest BCUT2D eigenvalue weighted by Gasteiger charge is -2.16. The summed E-state index contributed by atoms with van der Waals surface area (Å²) in [7, 11) is -3.10. The van der Waals surface area contributed by atoms with Gasteiger partial charge in [0.2, 0.25) is 0 Å². The lowest BCUT2D eigenvalue weighted by atomic mass is 10.1. The molecule has 2 aromatic rings. The zero-order valence-corrected chi connectivity index (χ0v) is 15.0. The third-order valence-corrected chi connectivity index (χ3v) is 6.50. The second kappa shape index (κ2) is 6.31. The Kier molecular flexibility index (Phi) is 4.07. The first-order chi connectivity index (χ1) is 12.9. The number of carbonyl (C=O) groups excluding carboxylic acids is 3. The van der Waals surface area contributed by atoms with Crippen molar-refractivity contribution in [2.45, 2.75) is 12.5 Å². The zero-order valence-electron chi connectivity index (χ0n) is 14.2. The van der Waals surface area contributed by atoms with Gasteiger partial charge in [-0.25, -0.2) is 13.3 Å². The predicted octanol–water partition coefficient (Wildman–Crippen LogP) is 1.40. The second-order valence-electron chi connectivity index (χ2n) is 6.62. The van der Waals surface area contributed by atoms with Crippen LogP contribution in [0.4, 0.5) is 5.69 Å². The first-order valence-corrected chi connectivity index (χ1v) is 10.3. The molecular weight excluding hydrogens is 368 g/mol. The van der Waals surface area contributed by atoms with Crippen molar-refractivity contribution < 1.29 is 22.8 Å². The molecule has 1 fully saturated rings. The van der Waals surface area contributed by atoms with Gasteiger partial charge < -0.3 is 5.32 Å².